The van der Waals surface area contributed by atoms with Crippen molar-refractivity contribution in [3.8, 4) is 0 Å². The van der Waals surface area contributed by atoms with Gasteiger partial charge in [0, 0.05) is 20.1 Å². The number of hydrogen-bond acceptors (Lipinski definition) is 5. The minimum Gasteiger partial charge on any atom is -0.480 e. The first kappa shape index (κ1) is 19.8. The molecule has 0 radical (unpaired) electrons. The van der Waals surface area contributed by atoms with Gasteiger partial charge in [-0.2, -0.15) is 8.61 Å². The number of carboxylic acids is 1. The Labute approximate surface area is 148 Å². The maximum absolute atomic E-state index is 12.7. The van der Waals surface area contributed by atoms with E-state index in [0.717, 1.165) is 32.4 Å². The van der Waals surface area contributed by atoms with E-state index in [1.165, 1.54) is 29.4 Å². The van der Waals surface area contributed by atoms with Crippen molar-refractivity contribution in [3.63, 3.8) is 0 Å². The lowest BCUT2D eigenvalue weighted by Gasteiger charge is -2.26. The molecule has 0 saturated carbocycles. The van der Waals surface area contributed by atoms with Gasteiger partial charge in [-0.05, 0) is 38.0 Å². The highest BCUT2D eigenvalue weighted by molar-refractivity contribution is 7.90. The molecule has 25 heavy (non-hydrogen) atoms. The predicted octanol–water partition coefficient (Wildman–Crippen LogP) is 0.955. The van der Waals surface area contributed by atoms with Gasteiger partial charge in [0.1, 0.15) is 6.04 Å². The highest BCUT2D eigenvalue weighted by Gasteiger charge is 2.31. The van der Waals surface area contributed by atoms with Gasteiger partial charge in [-0.15, -0.1) is 0 Å². The van der Waals surface area contributed by atoms with Crippen molar-refractivity contribution in [3.05, 3.63) is 24.3 Å². The van der Waals surface area contributed by atoms with Crippen LogP contribution in [-0.2, 0) is 24.8 Å². The van der Waals surface area contributed by atoms with Crippen molar-refractivity contribution in [1.29, 1.82) is 0 Å². The average Bonchev–Trinajstić information content (AvgIpc) is 2.61. The van der Waals surface area contributed by atoms with Crippen LogP contribution in [0.1, 0.15) is 26.2 Å². The number of hydrogen-bond donors (Lipinski definition) is 1. The summed E-state index contributed by atoms with van der Waals surface area (Å²) in [5.41, 5.74) is 0. The van der Waals surface area contributed by atoms with Crippen LogP contribution in [0.25, 0.3) is 0 Å². The summed E-state index contributed by atoms with van der Waals surface area (Å²) in [6, 6.07) is 3.78. The van der Waals surface area contributed by atoms with Crippen molar-refractivity contribution >= 4 is 26.0 Å². The SMILES string of the molecule is CC(C(=O)O)N(C)S(=O)(=O)c1cccc(S(=O)(=O)N2CCCCC2)c1. The van der Waals surface area contributed by atoms with E-state index in [9.17, 15) is 21.6 Å². The Morgan fingerprint density at radius 3 is 2.24 bits per heavy atom. The molecule has 1 unspecified atom stereocenters. The molecule has 140 valence electrons. The summed E-state index contributed by atoms with van der Waals surface area (Å²) < 4.78 is 52.6. The molecule has 1 aliphatic heterocycles. The summed E-state index contributed by atoms with van der Waals surface area (Å²) in [6.45, 7) is 2.07. The van der Waals surface area contributed by atoms with Crippen molar-refractivity contribution in [2.75, 3.05) is 20.1 Å². The zero-order valence-corrected chi connectivity index (χ0v) is 15.8. The third kappa shape index (κ3) is 4.02. The van der Waals surface area contributed by atoms with Crippen molar-refractivity contribution < 1.29 is 26.7 Å². The molecule has 1 heterocycles. The molecular formula is C15H22N2O6S2. The first-order valence-corrected chi connectivity index (χ1v) is 10.8. The van der Waals surface area contributed by atoms with Gasteiger partial charge in [-0.1, -0.05) is 12.5 Å². The van der Waals surface area contributed by atoms with Gasteiger partial charge in [0.2, 0.25) is 20.0 Å². The molecule has 10 heteroatoms. The maximum Gasteiger partial charge on any atom is 0.321 e. The monoisotopic (exact) mass is 390 g/mol. The van der Waals surface area contributed by atoms with Gasteiger partial charge >= 0.3 is 5.97 Å². The number of nitrogens with zero attached hydrogens (tertiary/aromatic N) is 2. The third-order valence-electron chi connectivity index (χ3n) is 4.34. The van der Waals surface area contributed by atoms with E-state index in [2.05, 4.69) is 0 Å². The van der Waals surface area contributed by atoms with Gasteiger partial charge in [0.15, 0.2) is 0 Å². The summed E-state index contributed by atoms with van der Waals surface area (Å²) >= 11 is 0. The summed E-state index contributed by atoms with van der Waals surface area (Å²) in [5.74, 6) is -1.29. The number of carboxylic acid groups (broad SMARTS) is 1. The van der Waals surface area contributed by atoms with E-state index in [4.69, 9.17) is 5.11 Å². The topological polar surface area (TPSA) is 112 Å². The zero-order chi connectivity index (χ0) is 18.8. The summed E-state index contributed by atoms with van der Waals surface area (Å²) in [6.07, 6.45) is 2.52. The molecule has 1 N–H and O–H groups in total. The number of benzene rings is 1. The second-order valence-electron chi connectivity index (χ2n) is 5.98. The van der Waals surface area contributed by atoms with Crippen LogP contribution in [0.15, 0.2) is 34.1 Å². The lowest BCUT2D eigenvalue weighted by Crippen LogP contribution is -2.40. The third-order valence-corrected chi connectivity index (χ3v) is 8.16. The fourth-order valence-electron chi connectivity index (χ4n) is 2.58. The lowest BCUT2D eigenvalue weighted by atomic mass is 10.2. The van der Waals surface area contributed by atoms with E-state index >= 15 is 0 Å². The molecule has 0 aromatic heterocycles. The average molecular weight is 390 g/mol. The Kier molecular flexibility index (Phi) is 5.87. The summed E-state index contributed by atoms with van der Waals surface area (Å²) in [5, 5.41) is 9.01. The molecule has 1 fully saturated rings. The highest BCUT2D eigenvalue weighted by Crippen LogP contribution is 2.24. The Bertz CT molecular complexity index is 845. The number of carbonyl (C=O) groups is 1. The first-order chi connectivity index (χ1) is 11.6. The fourth-order valence-corrected chi connectivity index (χ4v) is 5.58. The number of rotatable bonds is 6. The second-order valence-corrected chi connectivity index (χ2v) is 9.91. The predicted molar refractivity (Wildman–Crippen MR) is 91.1 cm³/mol. The molecule has 1 aromatic rings. The van der Waals surface area contributed by atoms with Gasteiger partial charge in [0.25, 0.3) is 0 Å². The molecular weight excluding hydrogens is 368 g/mol. The molecule has 1 atom stereocenters. The standard InChI is InChI=1S/C15H22N2O6S2/c1-12(15(18)19)16(2)24(20,21)13-7-6-8-14(11-13)25(22,23)17-9-4-3-5-10-17/h6-8,11-12H,3-5,9-10H2,1-2H3,(H,18,19). The van der Waals surface area contributed by atoms with Crippen molar-refractivity contribution in [1.82, 2.24) is 8.61 Å². The van der Waals surface area contributed by atoms with E-state index in [1.807, 2.05) is 0 Å². The lowest BCUT2D eigenvalue weighted by molar-refractivity contribution is -0.140. The Balaban J connectivity index is 2.40. The molecule has 0 amide bonds. The van der Waals surface area contributed by atoms with Gasteiger partial charge in [-0.3, -0.25) is 4.79 Å². The smallest absolute Gasteiger partial charge is 0.321 e. The van der Waals surface area contributed by atoms with Crippen LogP contribution >= 0.6 is 0 Å². The Morgan fingerprint density at radius 2 is 1.68 bits per heavy atom. The van der Waals surface area contributed by atoms with Gasteiger partial charge in [-0.25, -0.2) is 16.8 Å². The van der Waals surface area contributed by atoms with Crippen LogP contribution in [0, 0.1) is 0 Å². The molecule has 0 spiro atoms. The fraction of sp³-hybridized carbons (Fsp3) is 0.533. The van der Waals surface area contributed by atoms with Gasteiger partial charge in [0.05, 0.1) is 9.79 Å². The zero-order valence-electron chi connectivity index (χ0n) is 14.1. The number of piperidine rings is 1. The summed E-state index contributed by atoms with van der Waals surface area (Å²) in [7, 11) is -6.75. The molecule has 0 bridgehead atoms. The normalized spacial score (nSPS) is 18.2. The minimum absolute atomic E-state index is 0.105. The Hall–Kier alpha value is -1.49. The van der Waals surface area contributed by atoms with Crippen LogP contribution in [0.3, 0.4) is 0 Å². The van der Waals surface area contributed by atoms with Crippen molar-refractivity contribution in [2.24, 2.45) is 0 Å². The van der Waals surface area contributed by atoms with E-state index in [1.54, 1.807) is 0 Å². The number of sulfonamides is 2. The molecule has 1 aromatic carbocycles. The number of aliphatic carboxylic acids is 1. The molecule has 2 rings (SSSR count). The molecule has 0 aliphatic carbocycles. The summed E-state index contributed by atoms with van der Waals surface area (Å²) in [4.78, 5) is 10.7. The van der Waals surface area contributed by atoms with E-state index < -0.39 is 32.1 Å². The van der Waals surface area contributed by atoms with Crippen LogP contribution in [-0.4, -0.2) is 62.7 Å². The van der Waals surface area contributed by atoms with Crippen LogP contribution < -0.4 is 0 Å². The first-order valence-electron chi connectivity index (χ1n) is 7.89. The van der Waals surface area contributed by atoms with Crippen LogP contribution in [0.2, 0.25) is 0 Å². The largest absolute Gasteiger partial charge is 0.480 e. The number of likely N-dealkylation sites (N-methyl/N-ethyl adjacent to an activating group) is 1. The van der Waals surface area contributed by atoms with Crippen molar-refractivity contribution in [2.45, 2.75) is 42.0 Å². The van der Waals surface area contributed by atoms with Crippen LogP contribution in [0.5, 0.6) is 0 Å². The Morgan fingerprint density at radius 1 is 1.12 bits per heavy atom. The van der Waals surface area contributed by atoms with E-state index in [-0.39, 0.29) is 9.79 Å². The van der Waals surface area contributed by atoms with Crippen LogP contribution in [0.4, 0.5) is 0 Å². The molecule has 1 saturated heterocycles. The quantitative estimate of drug-likeness (QED) is 0.774. The van der Waals surface area contributed by atoms with E-state index in [0.29, 0.717) is 17.4 Å². The molecule has 1 aliphatic rings. The highest BCUT2D eigenvalue weighted by atomic mass is 32.2. The molecule has 8 nitrogen and oxygen atoms in total. The minimum atomic E-state index is -4.13. The van der Waals surface area contributed by atoms with Gasteiger partial charge < -0.3 is 5.11 Å². The maximum atomic E-state index is 12.7. The second kappa shape index (κ2) is 7.40.